The van der Waals surface area contributed by atoms with Crippen molar-refractivity contribution in [2.45, 2.75) is 62.8 Å². The van der Waals surface area contributed by atoms with Crippen molar-refractivity contribution in [1.29, 1.82) is 0 Å². The van der Waals surface area contributed by atoms with Crippen LogP contribution in [0.15, 0.2) is 0 Å². The first-order valence-electron chi connectivity index (χ1n) is 8.26. The van der Waals surface area contributed by atoms with Crippen molar-refractivity contribution < 1.29 is 24.4 Å². The van der Waals surface area contributed by atoms with Crippen LogP contribution in [0.2, 0.25) is 0 Å². The van der Waals surface area contributed by atoms with Crippen LogP contribution in [-0.4, -0.2) is 72.2 Å². The minimum absolute atomic E-state index is 0.240. The molecule has 7 heteroatoms. The number of thioether (sulfide) groups is 1. The Morgan fingerprint density at radius 3 is 2.59 bits per heavy atom. The summed E-state index contributed by atoms with van der Waals surface area (Å²) in [6.45, 7) is 1.76. The van der Waals surface area contributed by atoms with Gasteiger partial charge in [-0.05, 0) is 31.6 Å². The average molecular weight is 335 g/mol. The van der Waals surface area contributed by atoms with Crippen LogP contribution in [0.5, 0.6) is 0 Å². The Kier molecular flexibility index (Phi) is 8.45. The Balaban J connectivity index is 1.75. The van der Waals surface area contributed by atoms with Gasteiger partial charge >= 0.3 is 0 Å². The van der Waals surface area contributed by atoms with Gasteiger partial charge in [-0.1, -0.05) is 12.8 Å². The summed E-state index contributed by atoms with van der Waals surface area (Å²) >= 11 is 1.80. The fraction of sp³-hybridized carbons (Fsp3) is 1.00. The summed E-state index contributed by atoms with van der Waals surface area (Å²) in [6, 6.07) is 0. The van der Waals surface area contributed by atoms with E-state index < -0.39 is 24.6 Å². The van der Waals surface area contributed by atoms with Gasteiger partial charge in [-0.25, -0.2) is 0 Å². The predicted octanol–water partition coefficient (Wildman–Crippen LogP) is 0.491. The Morgan fingerprint density at radius 1 is 1.00 bits per heavy atom. The lowest BCUT2D eigenvalue weighted by Crippen LogP contribution is -2.59. The number of ether oxygens (including phenoxy) is 3. The van der Waals surface area contributed by atoms with Gasteiger partial charge in [0.1, 0.15) is 18.3 Å². The lowest BCUT2D eigenvalue weighted by atomic mass is 10.00. The zero-order valence-electron chi connectivity index (χ0n) is 13.1. The molecule has 0 aromatic rings. The number of nitrogens with two attached hydrogens (primary N) is 1. The summed E-state index contributed by atoms with van der Waals surface area (Å²) in [5, 5.41) is 20.2. The van der Waals surface area contributed by atoms with Crippen molar-refractivity contribution in [1.82, 2.24) is 0 Å². The Hall–Kier alpha value is 0.110. The van der Waals surface area contributed by atoms with E-state index in [1.165, 1.54) is 12.8 Å². The summed E-state index contributed by atoms with van der Waals surface area (Å²) in [5.41, 5.74) is 5.47. The molecule has 5 atom stereocenters. The largest absolute Gasteiger partial charge is 0.387 e. The molecule has 4 N–H and O–H groups in total. The van der Waals surface area contributed by atoms with E-state index in [4.69, 9.17) is 19.9 Å². The van der Waals surface area contributed by atoms with Crippen LogP contribution < -0.4 is 5.73 Å². The minimum atomic E-state index is -1.04. The van der Waals surface area contributed by atoms with E-state index in [1.54, 1.807) is 11.8 Å². The lowest BCUT2D eigenvalue weighted by Gasteiger charge is -2.41. The van der Waals surface area contributed by atoms with Crippen molar-refractivity contribution in [3.63, 3.8) is 0 Å². The molecule has 0 spiro atoms. The number of fused-ring (bicyclic) bond motifs is 6. The quantitative estimate of drug-likeness (QED) is 0.556. The molecule has 0 saturated carbocycles. The maximum Gasteiger partial charge on any atom is 0.186 e. The second kappa shape index (κ2) is 10.1. The molecule has 22 heavy (non-hydrogen) atoms. The molecule has 3 heterocycles. The van der Waals surface area contributed by atoms with Crippen molar-refractivity contribution >= 4 is 11.8 Å². The topological polar surface area (TPSA) is 94.2 Å². The van der Waals surface area contributed by atoms with Crippen LogP contribution in [0.25, 0.3) is 0 Å². The first-order chi connectivity index (χ1) is 10.7. The van der Waals surface area contributed by atoms with Crippen LogP contribution in [0, 0.1) is 0 Å². The fourth-order valence-corrected chi connectivity index (χ4v) is 3.84. The van der Waals surface area contributed by atoms with Gasteiger partial charge in [0.2, 0.25) is 0 Å². The van der Waals surface area contributed by atoms with Gasteiger partial charge in [0.15, 0.2) is 6.29 Å². The van der Waals surface area contributed by atoms with E-state index in [-0.39, 0.29) is 6.10 Å². The van der Waals surface area contributed by atoms with Crippen LogP contribution in [0.3, 0.4) is 0 Å². The van der Waals surface area contributed by atoms with Gasteiger partial charge < -0.3 is 30.2 Å². The van der Waals surface area contributed by atoms with Gasteiger partial charge in [-0.3, -0.25) is 0 Å². The highest BCUT2D eigenvalue weighted by atomic mass is 32.2. The third kappa shape index (κ3) is 5.33. The van der Waals surface area contributed by atoms with Gasteiger partial charge in [-0.15, -0.1) is 0 Å². The summed E-state index contributed by atoms with van der Waals surface area (Å²) in [5.74, 6) is 1.80. The Morgan fingerprint density at radius 2 is 1.77 bits per heavy atom. The average Bonchev–Trinajstić information content (AvgIpc) is 2.66. The number of aliphatic hydroxyl groups excluding tert-OH is 2. The molecular weight excluding hydrogens is 306 g/mol. The Bertz CT molecular complexity index is 308. The van der Waals surface area contributed by atoms with Gasteiger partial charge in [0.05, 0.1) is 12.7 Å². The molecule has 2 bridgehead atoms. The van der Waals surface area contributed by atoms with Crippen molar-refractivity contribution in [2.75, 3.05) is 31.3 Å². The number of hydrogen-bond donors (Lipinski definition) is 3. The van der Waals surface area contributed by atoms with Crippen LogP contribution in [0.4, 0.5) is 0 Å². The third-order valence-electron chi connectivity index (χ3n) is 4.05. The SMILES string of the molecule is NCCCCCCSCC1OC2OCCCOC1C(O)C2O. The summed E-state index contributed by atoms with van der Waals surface area (Å²) in [6.07, 6.45) is 1.93. The van der Waals surface area contributed by atoms with Crippen molar-refractivity contribution in [3.05, 3.63) is 0 Å². The number of unbranched alkanes of at least 4 members (excludes halogenated alkanes) is 3. The molecule has 0 aliphatic carbocycles. The summed E-state index contributed by atoms with van der Waals surface area (Å²) in [7, 11) is 0. The third-order valence-corrected chi connectivity index (χ3v) is 5.19. The van der Waals surface area contributed by atoms with Crippen molar-refractivity contribution in [2.24, 2.45) is 5.73 Å². The standard InChI is InChI=1S/C15H29NO5S/c16-6-3-1-2-4-9-22-10-11-14-12(17)13(18)15(21-11)20-8-5-7-19-14/h11-15,17-18H,1-10,16H2. The molecule has 0 aromatic carbocycles. The van der Waals surface area contributed by atoms with Crippen LogP contribution in [0.1, 0.15) is 32.1 Å². The Labute approximate surface area is 136 Å². The van der Waals surface area contributed by atoms with Gasteiger partial charge in [0.25, 0.3) is 0 Å². The first kappa shape index (κ1) is 18.4. The van der Waals surface area contributed by atoms with E-state index in [2.05, 4.69) is 0 Å². The van der Waals surface area contributed by atoms with E-state index in [0.29, 0.717) is 13.2 Å². The summed E-state index contributed by atoms with van der Waals surface area (Å²) < 4.78 is 17.0. The molecule has 5 unspecified atom stereocenters. The molecule has 0 amide bonds. The molecule has 3 saturated heterocycles. The molecule has 3 rings (SSSR count). The molecular formula is C15H29NO5S. The van der Waals surface area contributed by atoms with Crippen LogP contribution >= 0.6 is 11.8 Å². The zero-order chi connectivity index (χ0) is 15.8. The second-order valence-corrected chi connectivity index (χ2v) is 7.01. The van der Waals surface area contributed by atoms with Gasteiger partial charge in [0, 0.05) is 12.4 Å². The minimum Gasteiger partial charge on any atom is -0.387 e. The predicted molar refractivity (Wildman–Crippen MR) is 85.8 cm³/mol. The summed E-state index contributed by atoms with van der Waals surface area (Å²) in [4.78, 5) is 0. The monoisotopic (exact) mass is 335 g/mol. The molecule has 3 fully saturated rings. The fourth-order valence-electron chi connectivity index (χ4n) is 2.76. The zero-order valence-corrected chi connectivity index (χ0v) is 13.9. The maximum atomic E-state index is 10.2. The van der Waals surface area contributed by atoms with E-state index in [9.17, 15) is 10.2 Å². The molecule has 3 aliphatic heterocycles. The van der Waals surface area contributed by atoms with Crippen molar-refractivity contribution in [3.8, 4) is 0 Å². The highest BCUT2D eigenvalue weighted by molar-refractivity contribution is 7.99. The molecule has 0 aromatic heterocycles. The number of aliphatic hydroxyl groups is 2. The first-order valence-corrected chi connectivity index (χ1v) is 9.42. The number of rotatable bonds is 8. The number of hydrogen-bond acceptors (Lipinski definition) is 7. The van der Waals surface area contributed by atoms with E-state index in [1.807, 2.05) is 0 Å². The molecule has 0 radical (unpaired) electrons. The normalized spacial score (nSPS) is 35.9. The second-order valence-electron chi connectivity index (χ2n) is 5.86. The van der Waals surface area contributed by atoms with E-state index in [0.717, 1.165) is 37.3 Å². The highest BCUT2D eigenvalue weighted by Crippen LogP contribution is 2.28. The molecule has 3 aliphatic rings. The smallest absolute Gasteiger partial charge is 0.186 e. The lowest BCUT2D eigenvalue weighted by molar-refractivity contribution is -0.289. The molecule has 6 nitrogen and oxygen atoms in total. The van der Waals surface area contributed by atoms with Gasteiger partial charge in [-0.2, -0.15) is 11.8 Å². The highest BCUT2D eigenvalue weighted by Gasteiger charge is 2.46. The van der Waals surface area contributed by atoms with E-state index >= 15 is 0 Å². The van der Waals surface area contributed by atoms with Crippen LogP contribution in [-0.2, 0) is 14.2 Å². The molecule has 130 valence electrons. The maximum absolute atomic E-state index is 10.2.